The highest BCUT2D eigenvalue weighted by Gasteiger charge is 2.30. The average Bonchev–Trinajstić information content (AvgIpc) is 2.70. The summed E-state index contributed by atoms with van der Waals surface area (Å²) in [6, 6.07) is 9.88. The molecule has 0 bridgehead atoms. The molecule has 29 heavy (non-hydrogen) atoms. The van der Waals surface area contributed by atoms with Crippen molar-refractivity contribution in [2.45, 2.75) is 32.9 Å². The largest absolute Gasteiger partial charge is 0.482 e. The lowest BCUT2D eigenvalue weighted by Gasteiger charge is -2.14. The standard InChI is InChI=1S/C21H22F3NO4/c1-3-14-7-5-8-15(4-2)20(14)25-18(26)12-29-19(27)13-28-17-10-6-9-16(11-17)21(22,23)24/h5-11H,3-4,12-13H2,1-2H3,(H,25,26). The number of hydrogen-bond acceptors (Lipinski definition) is 4. The summed E-state index contributed by atoms with van der Waals surface area (Å²) in [5.74, 6) is -1.49. The third-order valence-corrected chi connectivity index (χ3v) is 4.15. The van der Waals surface area contributed by atoms with Gasteiger partial charge in [0.25, 0.3) is 5.91 Å². The van der Waals surface area contributed by atoms with Crippen LogP contribution in [0.2, 0.25) is 0 Å². The van der Waals surface area contributed by atoms with Gasteiger partial charge in [-0.25, -0.2) is 4.79 Å². The van der Waals surface area contributed by atoms with E-state index in [0.717, 1.165) is 36.1 Å². The molecule has 2 aromatic rings. The van der Waals surface area contributed by atoms with Crippen LogP contribution in [0, 0.1) is 0 Å². The van der Waals surface area contributed by atoms with E-state index in [2.05, 4.69) is 5.32 Å². The van der Waals surface area contributed by atoms with Gasteiger partial charge in [0.2, 0.25) is 0 Å². The van der Waals surface area contributed by atoms with Gasteiger partial charge in [-0.05, 0) is 42.2 Å². The molecular formula is C21H22F3NO4. The van der Waals surface area contributed by atoms with Gasteiger partial charge in [-0.2, -0.15) is 13.2 Å². The van der Waals surface area contributed by atoms with E-state index in [0.29, 0.717) is 5.69 Å². The van der Waals surface area contributed by atoms with E-state index in [1.807, 2.05) is 32.0 Å². The zero-order valence-corrected chi connectivity index (χ0v) is 16.1. The maximum absolute atomic E-state index is 12.7. The van der Waals surface area contributed by atoms with Crippen molar-refractivity contribution in [2.75, 3.05) is 18.5 Å². The summed E-state index contributed by atoms with van der Waals surface area (Å²) in [5, 5.41) is 2.75. The molecule has 0 aliphatic heterocycles. The van der Waals surface area contributed by atoms with Crippen molar-refractivity contribution in [3.05, 3.63) is 59.2 Å². The normalized spacial score (nSPS) is 11.1. The van der Waals surface area contributed by atoms with E-state index in [1.165, 1.54) is 12.1 Å². The molecule has 0 atom stereocenters. The number of rotatable bonds is 8. The van der Waals surface area contributed by atoms with Crippen molar-refractivity contribution in [2.24, 2.45) is 0 Å². The van der Waals surface area contributed by atoms with Crippen LogP contribution >= 0.6 is 0 Å². The predicted molar refractivity (Wildman–Crippen MR) is 102 cm³/mol. The Labute approximate surface area is 166 Å². The van der Waals surface area contributed by atoms with Gasteiger partial charge in [0, 0.05) is 5.69 Å². The second-order valence-corrected chi connectivity index (χ2v) is 6.18. The van der Waals surface area contributed by atoms with Crippen LogP contribution in [0.4, 0.5) is 18.9 Å². The molecule has 1 amide bonds. The van der Waals surface area contributed by atoms with Crippen LogP contribution in [0.15, 0.2) is 42.5 Å². The van der Waals surface area contributed by atoms with E-state index in [-0.39, 0.29) is 5.75 Å². The average molecular weight is 409 g/mol. The van der Waals surface area contributed by atoms with Crippen LogP contribution in [-0.4, -0.2) is 25.1 Å². The Balaban J connectivity index is 1.86. The number of anilines is 1. The van der Waals surface area contributed by atoms with Gasteiger partial charge in [0.1, 0.15) is 5.75 Å². The Hall–Kier alpha value is -3.03. The summed E-state index contributed by atoms with van der Waals surface area (Å²) in [6.45, 7) is 2.80. The first-order valence-corrected chi connectivity index (χ1v) is 9.10. The number of aryl methyl sites for hydroxylation is 2. The van der Waals surface area contributed by atoms with Crippen LogP contribution in [0.1, 0.15) is 30.5 Å². The molecule has 0 fully saturated rings. The summed E-state index contributed by atoms with van der Waals surface area (Å²) in [4.78, 5) is 23.9. The lowest BCUT2D eigenvalue weighted by molar-refractivity contribution is -0.149. The Kier molecular flexibility index (Phi) is 7.64. The van der Waals surface area contributed by atoms with Crippen LogP contribution < -0.4 is 10.1 Å². The van der Waals surface area contributed by atoms with E-state index in [1.54, 1.807) is 0 Å². The molecule has 8 heteroatoms. The van der Waals surface area contributed by atoms with Gasteiger partial charge >= 0.3 is 12.1 Å². The molecule has 0 unspecified atom stereocenters. The van der Waals surface area contributed by atoms with E-state index >= 15 is 0 Å². The topological polar surface area (TPSA) is 64.6 Å². The molecule has 1 N–H and O–H groups in total. The van der Waals surface area contributed by atoms with Crippen LogP contribution in [-0.2, 0) is 33.3 Å². The van der Waals surface area contributed by atoms with Crippen LogP contribution in [0.3, 0.4) is 0 Å². The zero-order chi connectivity index (χ0) is 21.4. The fraction of sp³-hybridized carbons (Fsp3) is 0.333. The number of esters is 1. The number of halogens is 3. The monoisotopic (exact) mass is 409 g/mol. The maximum Gasteiger partial charge on any atom is 0.416 e. The first-order valence-electron chi connectivity index (χ1n) is 9.10. The van der Waals surface area contributed by atoms with E-state index in [9.17, 15) is 22.8 Å². The van der Waals surface area contributed by atoms with Crippen molar-refractivity contribution >= 4 is 17.6 Å². The number of amides is 1. The minimum absolute atomic E-state index is 0.120. The summed E-state index contributed by atoms with van der Waals surface area (Å²) in [6.07, 6.45) is -3.05. The fourth-order valence-corrected chi connectivity index (χ4v) is 2.67. The molecule has 2 aromatic carbocycles. The number of benzene rings is 2. The van der Waals surface area contributed by atoms with E-state index in [4.69, 9.17) is 9.47 Å². The lowest BCUT2D eigenvalue weighted by atomic mass is 10.0. The molecule has 5 nitrogen and oxygen atoms in total. The molecule has 0 aromatic heterocycles. The minimum atomic E-state index is -4.51. The van der Waals surface area contributed by atoms with Crippen molar-refractivity contribution in [3.8, 4) is 5.75 Å². The molecule has 0 aliphatic carbocycles. The number of alkyl halides is 3. The smallest absolute Gasteiger partial charge is 0.416 e. The third kappa shape index (κ3) is 6.51. The number of ether oxygens (including phenoxy) is 2. The Morgan fingerprint density at radius 2 is 1.59 bits per heavy atom. The third-order valence-electron chi connectivity index (χ3n) is 4.15. The summed E-state index contributed by atoms with van der Waals surface area (Å²) in [5.41, 5.74) is 1.76. The number of hydrogen-bond donors (Lipinski definition) is 1. The van der Waals surface area contributed by atoms with Crippen molar-refractivity contribution < 1.29 is 32.2 Å². The Bertz CT molecular complexity index is 843. The van der Waals surface area contributed by atoms with Gasteiger partial charge in [-0.3, -0.25) is 4.79 Å². The maximum atomic E-state index is 12.7. The number of para-hydroxylation sites is 1. The first-order chi connectivity index (χ1) is 13.7. The highest BCUT2D eigenvalue weighted by atomic mass is 19.4. The highest BCUT2D eigenvalue weighted by molar-refractivity contribution is 5.94. The molecule has 0 saturated heterocycles. The van der Waals surface area contributed by atoms with Crippen molar-refractivity contribution in [1.82, 2.24) is 0 Å². The lowest BCUT2D eigenvalue weighted by Crippen LogP contribution is -2.24. The Morgan fingerprint density at radius 1 is 0.966 bits per heavy atom. The van der Waals surface area contributed by atoms with Crippen molar-refractivity contribution in [1.29, 1.82) is 0 Å². The molecule has 2 rings (SSSR count). The zero-order valence-electron chi connectivity index (χ0n) is 16.1. The first kappa shape index (κ1) is 22.3. The molecule has 156 valence electrons. The van der Waals surface area contributed by atoms with Crippen LogP contribution in [0.5, 0.6) is 5.75 Å². The van der Waals surface area contributed by atoms with Gasteiger partial charge in [0.05, 0.1) is 5.56 Å². The molecule has 0 saturated carbocycles. The summed E-state index contributed by atoms with van der Waals surface area (Å²) in [7, 11) is 0. The summed E-state index contributed by atoms with van der Waals surface area (Å²) >= 11 is 0. The molecule has 0 radical (unpaired) electrons. The molecular weight excluding hydrogens is 387 g/mol. The second-order valence-electron chi connectivity index (χ2n) is 6.18. The fourth-order valence-electron chi connectivity index (χ4n) is 2.67. The van der Waals surface area contributed by atoms with Gasteiger partial charge in [-0.15, -0.1) is 0 Å². The second kappa shape index (κ2) is 9.95. The predicted octanol–water partition coefficient (Wildman–Crippen LogP) is 4.39. The van der Waals surface area contributed by atoms with Crippen LogP contribution in [0.25, 0.3) is 0 Å². The van der Waals surface area contributed by atoms with E-state index < -0.39 is 36.8 Å². The molecule has 0 aliphatic rings. The minimum Gasteiger partial charge on any atom is -0.482 e. The molecule has 0 heterocycles. The van der Waals surface area contributed by atoms with Gasteiger partial charge in [0.15, 0.2) is 13.2 Å². The SMILES string of the molecule is CCc1cccc(CC)c1NC(=O)COC(=O)COc1cccc(C(F)(F)F)c1. The summed E-state index contributed by atoms with van der Waals surface area (Å²) < 4.78 is 47.9. The van der Waals surface area contributed by atoms with Gasteiger partial charge in [-0.1, -0.05) is 38.1 Å². The quantitative estimate of drug-likeness (QED) is 0.657. The number of nitrogens with one attached hydrogen (secondary N) is 1. The van der Waals surface area contributed by atoms with Gasteiger partial charge < -0.3 is 14.8 Å². The molecule has 0 spiro atoms. The van der Waals surface area contributed by atoms with Crippen molar-refractivity contribution in [3.63, 3.8) is 0 Å². The number of carbonyl (C=O) groups excluding carboxylic acids is 2. The highest BCUT2D eigenvalue weighted by Crippen LogP contribution is 2.31. The number of carbonyl (C=O) groups is 2. The Morgan fingerprint density at radius 3 is 2.17 bits per heavy atom.